The molecule has 2 fully saturated rings. The smallest absolute Gasteiger partial charge is 0.254 e. The number of amides is 1. The second-order valence-corrected chi connectivity index (χ2v) is 9.74. The highest BCUT2D eigenvalue weighted by molar-refractivity contribution is 5.87. The summed E-state index contributed by atoms with van der Waals surface area (Å²) < 4.78 is 6.48. The highest BCUT2D eigenvalue weighted by Crippen LogP contribution is 2.49. The van der Waals surface area contributed by atoms with Crippen molar-refractivity contribution < 1.29 is 9.53 Å². The summed E-state index contributed by atoms with van der Waals surface area (Å²) in [6, 6.07) is 20.6. The third-order valence-electron chi connectivity index (χ3n) is 6.49. The lowest BCUT2D eigenvalue weighted by Gasteiger charge is -2.57. The number of carbonyl (C=O) groups is 1. The van der Waals surface area contributed by atoms with Crippen LogP contribution in [0, 0.1) is 0 Å². The lowest BCUT2D eigenvalue weighted by Crippen LogP contribution is -2.67. The minimum absolute atomic E-state index is 0.0233. The van der Waals surface area contributed by atoms with E-state index < -0.39 is 5.60 Å². The number of hydrogen-bond acceptors (Lipinski definition) is 3. The Morgan fingerprint density at radius 3 is 2.07 bits per heavy atom. The van der Waals surface area contributed by atoms with E-state index in [2.05, 4.69) is 68.2 Å². The molecule has 4 heteroatoms. The maximum absolute atomic E-state index is 13.1. The molecule has 1 atom stereocenters. The van der Waals surface area contributed by atoms with Crippen LogP contribution in [-0.4, -0.2) is 34.0 Å². The first-order valence-corrected chi connectivity index (χ1v) is 10.6. The quantitative estimate of drug-likeness (QED) is 0.835. The summed E-state index contributed by atoms with van der Waals surface area (Å²) in [7, 11) is 0. The van der Waals surface area contributed by atoms with Gasteiger partial charge in [0.15, 0.2) is 11.8 Å². The van der Waals surface area contributed by atoms with E-state index >= 15 is 0 Å². The van der Waals surface area contributed by atoms with Crippen LogP contribution in [0.2, 0.25) is 0 Å². The molecule has 2 aliphatic rings. The highest BCUT2D eigenvalue weighted by Gasteiger charge is 2.59. The number of rotatable bonds is 4. The SMILES string of the molecule is CC1(C)CC2(CC(C)(C)N1CCc1ccccc1)OC(c1ccccc1)NC2=O. The summed E-state index contributed by atoms with van der Waals surface area (Å²) in [4.78, 5) is 15.7. The molecule has 0 aromatic heterocycles. The van der Waals surface area contributed by atoms with Crippen molar-refractivity contribution in [2.24, 2.45) is 0 Å². The fourth-order valence-electron chi connectivity index (χ4n) is 5.54. The van der Waals surface area contributed by atoms with Gasteiger partial charge in [-0.3, -0.25) is 9.69 Å². The Labute approximate surface area is 174 Å². The lowest BCUT2D eigenvalue weighted by atomic mass is 9.70. The Hall–Kier alpha value is -2.17. The zero-order valence-electron chi connectivity index (χ0n) is 17.9. The fourth-order valence-corrected chi connectivity index (χ4v) is 5.54. The number of hydrogen-bond donors (Lipinski definition) is 1. The van der Waals surface area contributed by atoms with Crippen molar-refractivity contribution in [3.05, 3.63) is 71.8 Å². The average Bonchev–Trinajstić information content (AvgIpc) is 2.96. The minimum Gasteiger partial charge on any atom is -0.338 e. The molecule has 0 radical (unpaired) electrons. The first-order chi connectivity index (χ1) is 13.7. The van der Waals surface area contributed by atoms with Crippen molar-refractivity contribution in [3.8, 4) is 0 Å². The third-order valence-corrected chi connectivity index (χ3v) is 6.49. The van der Waals surface area contributed by atoms with Gasteiger partial charge in [0.1, 0.15) is 0 Å². The summed E-state index contributed by atoms with van der Waals surface area (Å²) >= 11 is 0. The first-order valence-electron chi connectivity index (χ1n) is 10.6. The average molecular weight is 393 g/mol. The molecule has 2 aromatic carbocycles. The number of ether oxygens (including phenoxy) is 1. The second kappa shape index (κ2) is 7.26. The van der Waals surface area contributed by atoms with Crippen molar-refractivity contribution in [1.82, 2.24) is 10.2 Å². The monoisotopic (exact) mass is 392 g/mol. The molecule has 2 heterocycles. The molecule has 4 rings (SSSR count). The molecule has 2 aromatic rings. The standard InChI is InChI=1S/C25H32N2O2/c1-23(2)17-25(22(28)26-21(29-25)20-13-9-6-10-14-20)18-24(3,4)27(23)16-15-19-11-7-5-8-12-19/h5-14,21H,15-18H2,1-4H3,(H,26,28). The van der Waals surface area contributed by atoms with Crippen molar-refractivity contribution in [3.63, 3.8) is 0 Å². The zero-order chi connectivity index (χ0) is 20.7. The molecule has 154 valence electrons. The van der Waals surface area contributed by atoms with E-state index in [4.69, 9.17) is 4.74 Å². The Morgan fingerprint density at radius 2 is 1.48 bits per heavy atom. The van der Waals surface area contributed by atoms with E-state index in [1.54, 1.807) is 0 Å². The lowest BCUT2D eigenvalue weighted by molar-refractivity contribution is -0.169. The molecule has 4 nitrogen and oxygen atoms in total. The Bertz CT molecular complexity index is 843. The number of piperidine rings is 1. The van der Waals surface area contributed by atoms with Gasteiger partial charge >= 0.3 is 0 Å². The van der Waals surface area contributed by atoms with Gasteiger partial charge in [-0.05, 0) is 39.7 Å². The van der Waals surface area contributed by atoms with Crippen molar-refractivity contribution >= 4 is 5.91 Å². The first kappa shape index (κ1) is 20.1. The van der Waals surface area contributed by atoms with E-state index in [0.717, 1.165) is 18.5 Å². The van der Waals surface area contributed by atoms with Gasteiger partial charge in [0.2, 0.25) is 0 Å². The molecule has 1 unspecified atom stereocenters. The van der Waals surface area contributed by atoms with Gasteiger partial charge in [0.05, 0.1) is 0 Å². The number of benzene rings is 2. The van der Waals surface area contributed by atoms with Gasteiger partial charge in [-0.1, -0.05) is 60.7 Å². The maximum atomic E-state index is 13.1. The predicted octanol–water partition coefficient (Wildman–Crippen LogP) is 4.47. The summed E-state index contributed by atoms with van der Waals surface area (Å²) in [5, 5.41) is 3.10. The van der Waals surface area contributed by atoms with Crippen molar-refractivity contribution in [2.75, 3.05) is 6.54 Å². The topological polar surface area (TPSA) is 41.6 Å². The van der Waals surface area contributed by atoms with Crippen LogP contribution in [0.1, 0.15) is 57.9 Å². The highest BCUT2D eigenvalue weighted by atomic mass is 16.5. The van der Waals surface area contributed by atoms with E-state index in [0.29, 0.717) is 12.8 Å². The molecule has 1 N–H and O–H groups in total. The van der Waals surface area contributed by atoms with E-state index in [-0.39, 0.29) is 23.2 Å². The summed E-state index contributed by atoms with van der Waals surface area (Å²) in [6.07, 6.45) is 2.01. The van der Waals surface area contributed by atoms with Crippen LogP contribution >= 0.6 is 0 Å². The van der Waals surface area contributed by atoms with Gasteiger partial charge in [-0.2, -0.15) is 0 Å². The molecule has 2 aliphatic heterocycles. The Morgan fingerprint density at radius 1 is 0.931 bits per heavy atom. The summed E-state index contributed by atoms with van der Waals surface area (Å²) in [5.74, 6) is 0.0233. The zero-order valence-corrected chi connectivity index (χ0v) is 17.9. The van der Waals surface area contributed by atoms with Crippen LogP contribution in [0.15, 0.2) is 60.7 Å². The van der Waals surface area contributed by atoms with Crippen LogP contribution in [-0.2, 0) is 16.0 Å². The van der Waals surface area contributed by atoms with Crippen LogP contribution in [0.3, 0.4) is 0 Å². The molecule has 0 bridgehead atoms. The molecule has 0 saturated carbocycles. The van der Waals surface area contributed by atoms with Crippen molar-refractivity contribution in [2.45, 2.75) is 69.9 Å². The number of carbonyl (C=O) groups excluding carboxylic acids is 1. The van der Waals surface area contributed by atoms with Gasteiger partial charge in [0.25, 0.3) is 5.91 Å². The Kier molecular flexibility index (Phi) is 5.04. The predicted molar refractivity (Wildman–Crippen MR) is 115 cm³/mol. The Balaban J connectivity index is 1.55. The van der Waals surface area contributed by atoms with Crippen LogP contribution in [0.4, 0.5) is 0 Å². The molecular weight excluding hydrogens is 360 g/mol. The van der Waals surface area contributed by atoms with Crippen LogP contribution in [0.5, 0.6) is 0 Å². The second-order valence-electron chi connectivity index (χ2n) is 9.74. The number of nitrogens with zero attached hydrogens (tertiary/aromatic N) is 1. The van der Waals surface area contributed by atoms with Crippen LogP contribution < -0.4 is 5.32 Å². The van der Waals surface area contributed by atoms with E-state index in [1.165, 1.54) is 5.56 Å². The maximum Gasteiger partial charge on any atom is 0.254 e. The fraction of sp³-hybridized carbons (Fsp3) is 0.480. The summed E-state index contributed by atoms with van der Waals surface area (Å²) in [5.41, 5.74) is 1.26. The molecule has 0 aliphatic carbocycles. The van der Waals surface area contributed by atoms with Crippen LogP contribution in [0.25, 0.3) is 0 Å². The normalized spacial score (nSPS) is 25.1. The minimum atomic E-state index is -0.781. The molecular formula is C25H32N2O2. The van der Waals surface area contributed by atoms with Gasteiger partial charge in [0, 0.05) is 36.0 Å². The number of likely N-dealkylation sites (tertiary alicyclic amines) is 1. The molecule has 29 heavy (non-hydrogen) atoms. The van der Waals surface area contributed by atoms with E-state index in [9.17, 15) is 4.79 Å². The molecule has 2 saturated heterocycles. The van der Waals surface area contributed by atoms with Crippen molar-refractivity contribution in [1.29, 1.82) is 0 Å². The summed E-state index contributed by atoms with van der Waals surface area (Å²) in [6.45, 7) is 9.93. The third kappa shape index (κ3) is 3.84. The molecule has 1 amide bonds. The van der Waals surface area contributed by atoms with Gasteiger partial charge in [-0.25, -0.2) is 0 Å². The molecule has 1 spiro atoms. The number of nitrogens with one attached hydrogen (secondary N) is 1. The largest absolute Gasteiger partial charge is 0.338 e. The van der Waals surface area contributed by atoms with E-state index in [1.807, 2.05) is 30.3 Å². The van der Waals surface area contributed by atoms with Gasteiger partial charge < -0.3 is 10.1 Å². The van der Waals surface area contributed by atoms with Gasteiger partial charge in [-0.15, -0.1) is 0 Å².